The highest BCUT2D eigenvalue weighted by Crippen LogP contribution is 2.24. The number of methoxy groups -OCH3 is 2. The standard InChI is InChI=1S/C25H43N3O6/c1-27(2)23(9-8-15-32-3)25(31,19-28-12-6-5-7-13-28)18-26-24(30)20-10-11-21(34-16-14-29)22(17-20)33-4/h9-11,17,21-22,29,31H,5-8,12-16,18-19H2,1-4H3,(H,26,30). The first-order valence-electron chi connectivity index (χ1n) is 12.1. The van der Waals surface area contributed by atoms with E-state index in [1.54, 1.807) is 32.4 Å². The van der Waals surface area contributed by atoms with Crippen LogP contribution in [0.3, 0.4) is 0 Å². The molecule has 3 N–H and O–H groups in total. The van der Waals surface area contributed by atoms with Crippen LogP contribution in [0.2, 0.25) is 0 Å². The molecule has 194 valence electrons. The van der Waals surface area contributed by atoms with Crippen LogP contribution in [0.15, 0.2) is 35.6 Å². The number of nitrogens with one attached hydrogen (secondary N) is 1. The van der Waals surface area contributed by atoms with Crippen molar-refractivity contribution in [3.63, 3.8) is 0 Å². The van der Waals surface area contributed by atoms with Crippen LogP contribution in [0.5, 0.6) is 0 Å². The highest BCUT2D eigenvalue weighted by Gasteiger charge is 2.36. The van der Waals surface area contributed by atoms with E-state index in [1.807, 2.05) is 25.1 Å². The first-order valence-corrected chi connectivity index (χ1v) is 12.1. The Morgan fingerprint density at radius 2 is 1.97 bits per heavy atom. The minimum absolute atomic E-state index is 0.0760. The van der Waals surface area contributed by atoms with Crippen molar-refractivity contribution < 1.29 is 29.2 Å². The second kappa shape index (κ2) is 14.6. The van der Waals surface area contributed by atoms with Crippen LogP contribution in [0, 0.1) is 0 Å². The summed E-state index contributed by atoms with van der Waals surface area (Å²) < 4.78 is 16.2. The van der Waals surface area contributed by atoms with Crippen molar-refractivity contribution in [2.24, 2.45) is 0 Å². The van der Waals surface area contributed by atoms with Gasteiger partial charge in [-0.2, -0.15) is 0 Å². The number of β-amino-alcohol motifs (C(OH)–C–C–N with tert-alkyl or cyclic N) is 1. The van der Waals surface area contributed by atoms with Crippen LogP contribution in [0.4, 0.5) is 0 Å². The van der Waals surface area contributed by atoms with Crippen molar-refractivity contribution >= 4 is 5.91 Å². The fourth-order valence-corrected chi connectivity index (χ4v) is 4.47. The summed E-state index contributed by atoms with van der Waals surface area (Å²) >= 11 is 0. The summed E-state index contributed by atoms with van der Waals surface area (Å²) in [4.78, 5) is 17.2. The highest BCUT2D eigenvalue weighted by molar-refractivity contribution is 5.96. The molecule has 1 fully saturated rings. The van der Waals surface area contributed by atoms with E-state index in [1.165, 1.54) is 6.42 Å². The topological polar surface area (TPSA) is 104 Å². The molecule has 2 aliphatic rings. The van der Waals surface area contributed by atoms with Gasteiger partial charge in [-0.05, 0) is 38.4 Å². The van der Waals surface area contributed by atoms with Crippen molar-refractivity contribution in [3.8, 4) is 0 Å². The Labute approximate surface area is 204 Å². The molecule has 0 saturated carbocycles. The van der Waals surface area contributed by atoms with Gasteiger partial charge in [0.15, 0.2) is 0 Å². The molecule has 0 bridgehead atoms. The van der Waals surface area contributed by atoms with Gasteiger partial charge in [-0.25, -0.2) is 0 Å². The number of likely N-dealkylation sites (tertiary alicyclic amines) is 1. The third-order valence-electron chi connectivity index (χ3n) is 6.16. The Morgan fingerprint density at radius 3 is 2.59 bits per heavy atom. The lowest BCUT2D eigenvalue weighted by Gasteiger charge is -2.40. The Balaban J connectivity index is 2.15. The van der Waals surface area contributed by atoms with Gasteiger partial charge in [0.2, 0.25) is 0 Å². The van der Waals surface area contributed by atoms with E-state index in [0.29, 0.717) is 25.1 Å². The van der Waals surface area contributed by atoms with E-state index in [9.17, 15) is 9.90 Å². The van der Waals surface area contributed by atoms with Crippen LogP contribution in [0.1, 0.15) is 25.7 Å². The molecule has 3 atom stereocenters. The molecule has 1 heterocycles. The number of aliphatic hydroxyl groups is 2. The Hall–Kier alpha value is -1.75. The number of hydrogen-bond acceptors (Lipinski definition) is 8. The van der Waals surface area contributed by atoms with Gasteiger partial charge in [0.25, 0.3) is 5.91 Å². The van der Waals surface area contributed by atoms with Gasteiger partial charge in [-0.1, -0.05) is 24.6 Å². The minimum atomic E-state index is -1.25. The number of carbonyl (C=O) groups is 1. The predicted molar refractivity (Wildman–Crippen MR) is 131 cm³/mol. The fraction of sp³-hybridized carbons (Fsp3) is 0.720. The van der Waals surface area contributed by atoms with Gasteiger partial charge < -0.3 is 34.6 Å². The van der Waals surface area contributed by atoms with E-state index in [-0.39, 0.29) is 31.8 Å². The second-order valence-corrected chi connectivity index (χ2v) is 9.06. The third kappa shape index (κ3) is 8.48. The molecule has 9 nitrogen and oxygen atoms in total. The summed E-state index contributed by atoms with van der Waals surface area (Å²) in [5.74, 6) is -0.286. The van der Waals surface area contributed by atoms with Crippen molar-refractivity contribution in [2.75, 3.05) is 74.3 Å². The number of nitrogens with zero attached hydrogens (tertiary/aromatic N) is 2. The average Bonchev–Trinajstić information content (AvgIpc) is 2.84. The van der Waals surface area contributed by atoms with E-state index >= 15 is 0 Å². The molecule has 0 radical (unpaired) electrons. The van der Waals surface area contributed by atoms with Crippen LogP contribution < -0.4 is 5.32 Å². The number of rotatable bonds is 14. The first kappa shape index (κ1) is 28.5. The zero-order chi connectivity index (χ0) is 25.0. The second-order valence-electron chi connectivity index (χ2n) is 9.06. The molecule has 3 unspecified atom stereocenters. The fourth-order valence-electron chi connectivity index (χ4n) is 4.47. The first-order chi connectivity index (χ1) is 16.3. The Morgan fingerprint density at radius 1 is 1.24 bits per heavy atom. The summed E-state index contributed by atoms with van der Waals surface area (Å²) in [5.41, 5.74) is -0.0435. The van der Waals surface area contributed by atoms with Gasteiger partial charge in [0.1, 0.15) is 17.8 Å². The lowest BCUT2D eigenvalue weighted by molar-refractivity contribution is -0.118. The van der Waals surface area contributed by atoms with Crippen molar-refractivity contribution in [2.45, 2.75) is 43.5 Å². The zero-order valence-corrected chi connectivity index (χ0v) is 21.2. The molecular weight excluding hydrogens is 438 g/mol. The maximum atomic E-state index is 13.0. The number of ether oxygens (including phenoxy) is 3. The number of carbonyl (C=O) groups excluding carboxylic acids is 1. The average molecular weight is 482 g/mol. The lowest BCUT2D eigenvalue weighted by Crippen LogP contribution is -2.55. The lowest BCUT2D eigenvalue weighted by atomic mass is 9.94. The monoisotopic (exact) mass is 481 g/mol. The molecule has 0 spiro atoms. The Kier molecular flexibility index (Phi) is 12.2. The van der Waals surface area contributed by atoms with Crippen LogP contribution in [-0.4, -0.2) is 118 Å². The molecule has 1 aliphatic carbocycles. The quantitative estimate of drug-likeness (QED) is 0.312. The number of piperidine rings is 1. The summed E-state index contributed by atoms with van der Waals surface area (Å²) in [6, 6.07) is 0. The molecule has 0 aromatic rings. The predicted octanol–water partition coefficient (Wildman–Crippen LogP) is 0.690. The van der Waals surface area contributed by atoms with E-state index in [2.05, 4.69) is 10.2 Å². The summed E-state index contributed by atoms with van der Waals surface area (Å²) in [5, 5.41) is 23.8. The van der Waals surface area contributed by atoms with Gasteiger partial charge in [0, 0.05) is 52.7 Å². The van der Waals surface area contributed by atoms with E-state index in [4.69, 9.17) is 19.3 Å². The summed E-state index contributed by atoms with van der Waals surface area (Å²) in [7, 11) is 7.02. The largest absolute Gasteiger partial charge is 0.394 e. The van der Waals surface area contributed by atoms with Crippen molar-refractivity contribution in [1.29, 1.82) is 0 Å². The van der Waals surface area contributed by atoms with Gasteiger partial charge in [-0.3, -0.25) is 9.69 Å². The smallest absolute Gasteiger partial charge is 0.251 e. The van der Waals surface area contributed by atoms with Crippen molar-refractivity contribution in [3.05, 3.63) is 35.6 Å². The summed E-state index contributed by atoms with van der Waals surface area (Å²) in [6.45, 7) is 3.06. The van der Waals surface area contributed by atoms with Gasteiger partial charge >= 0.3 is 0 Å². The number of aliphatic hydroxyl groups excluding tert-OH is 1. The maximum absolute atomic E-state index is 13.0. The third-order valence-corrected chi connectivity index (χ3v) is 6.16. The van der Waals surface area contributed by atoms with Gasteiger partial charge in [0.05, 0.1) is 19.8 Å². The molecule has 1 aliphatic heterocycles. The maximum Gasteiger partial charge on any atom is 0.251 e. The number of amides is 1. The number of hydrogen-bond donors (Lipinski definition) is 3. The molecule has 34 heavy (non-hydrogen) atoms. The molecule has 1 saturated heterocycles. The molecular formula is C25H43N3O6. The normalized spacial score (nSPS) is 23.4. The molecule has 9 heteroatoms. The van der Waals surface area contributed by atoms with Crippen LogP contribution in [0.25, 0.3) is 0 Å². The Bertz CT molecular complexity index is 717. The van der Waals surface area contributed by atoms with E-state index in [0.717, 1.165) is 31.6 Å². The van der Waals surface area contributed by atoms with E-state index < -0.39 is 11.7 Å². The minimum Gasteiger partial charge on any atom is -0.394 e. The number of likely N-dealkylation sites (N-methyl/N-ethyl adjacent to an activating group) is 1. The SMILES string of the molecule is COCCC=C(N(C)C)C(O)(CNC(=O)C1=CC(OC)C(OCCO)C=C1)CN1CCCCC1. The summed E-state index contributed by atoms with van der Waals surface area (Å²) in [6.07, 6.45) is 10.5. The van der Waals surface area contributed by atoms with Crippen LogP contribution in [-0.2, 0) is 19.0 Å². The van der Waals surface area contributed by atoms with Gasteiger partial charge in [-0.15, -0.1) is 0 Å². The molecule has 1 amide bonds. The zero-order valence-electron chi connectivity index (χ0n) is 21.2. The molecule has 0 aromatic carbocycles. The molecule has 0 aromatic heterocycles. The molecule has 2 rings (SSSR count). The van der Waals surface area contributed by atoms with Crippen LogP contribution >= 0.6 is 0 Å². The van der Waals surface area contributed by atoms with Crippen molar-refractivity contribution in [1.82, 2.24) is 15.1 Å². The highest BCUT2D eigenvalue weighted by atomic mass is 16.5.